The minimum absolute atomic E-state index is 0.0200. The van der Waals surface area contributed by atoms with Crippen LogP contribution in [0.5, 0.6) is 0 Å². The Hall–Kier alpha value is -1.58. The monoisotopic (exact) mass is 383 g/mol. The normalized spacial score (nSPS) is 13.1. The van der Waals surface area contributed by atoms with Gasteiger partial charge in [-0.1, -0.05) is 94.8 Å². The molecule has 0 N–H and O–H groups in total. The number of rotatable bonds is 8. The maximum absolute atomic E-state index is 6.89. The molecule has 4 heteroatoms. The highest BCUT2D eigenvalue weighted by Gasteiger charge is 2.50. The van der Waals surface area contributed by atoms with E-state index in [1.54, 1.807) is 0 Å². The van der Waals surface area contributed by atoms with Crippen LogP contribution < -0.4 is 10.4 Å². The molecule has 0 unspecified atom stereocenters. The lowest BCUT2D eigenvalue weighted by Crippen LogP contribution is -2.67. The number of hydrogen-bond acceptors (Lipinski definition) is 3. The molecule has 138 valence electrons. The second-order valence-corrected chi connectivity index (χ2v) is 12.1. The van der Waals surface area contributed by atoms with Crippen LogP contribution >= 0.6 is 12.2 Å². The van der Waals surface area contributed by atoms with Crippen molar-refractivity contribution in [3.63, 3.8) is 0 Å². The van der Waals surface area contributed by atoms with E-state index in [4.69, 9.17) is 16.6 Å². The number of benzene rings is 2. The Labute approximate surface area is 164 Å². The third-order valence-corrected chi connectivity index (χ3v) is 9.88. The quantitative estimate of drug-likeness (QED) is 0.370. The zero-order chi connectivity index (χ0) is 19.0. The summed E-state index contributed by atoms with van der Waals surface area (Å²) in [6.07, 6.45) is 2.01. The second-order valence-electron chi connectivity index (χ2n) is 7.64. The first kappa shape index (κ1) is 20.7. The zero-order valence-corrected chi connectivity index (χ0v) is 18.1. The van der Waals surface area contributed by atoms with E-state index in [0.717, 1.165) is 12.8 Å². The van der Waals surface area contributed by atoms with E-state index < -0.39 is 8.32 Å². The van der Waals surface area contributed by atoms with Gasteiger partial charge in [0.1, 0.15) is 0 Å². The third kappa shape index (κ3) is 4.57. The highest BCUT2D eigenvalue weighted by atomic mass is 32.1. The predicted octanol–water partition coefficient (Wildman–Crippen LogP) is 4.83. The van der Waals surface area contributed by atoms with Crippen molar-refractivity contribution in [3.05, 3.63) is 60.7 Å². The van der Waals surface area contributed by atoms with Crippen molar-refractivity contribution in [1.29, 1.82) is 0 Å². The fourth-order valence-corrected chi connectivity index (χ4v) is 8.32. The highest BCUT2D eigenvalue weighted by Crippen LogP contribution is 2.36. The van der Waals surface area contributed by atoms with Crippen molar-refractivity contribution < 1.29 is 4.43 Å². The molecule has 2 aromatic carbocycles. The molecule has 0 aromatic heterocycles. The molecule has 0 bridgehead atoms. The Bertz CT molecular complexity index is 681. The van der Waals surface area contributed by atoms with Crippen LogP contribution in [0.15, 0.2) is 65.7 Å². The van der Waals surface area contributed by atoms with Crippen LogP contribution in [0, 0.1) is 0 Å². The third-order valence-electron chi connectivity index (χ3n) is 4.77. The average molecular weight is 384 g/mol. The maximum atomic E-state index is 6.89. The molecule has 0 heterocycles. The molecule has 0 radical (unpaired) electrons. The number of aliphatic imine (C=N–C) groups is 1. The molecule has 0 aliphatic rings. The molecule has 2 aromatic rings. The molecule has 0 amide bonds. The van der Waals surface area contributed by atoms with Gasteiger partial charge in [-0.15, -0.1) is 0 Å². The molecule has 26 heavy (non-hydrogen) atoms. The van der Waals surface area contributed by atoms with Gasteiger partial charge in [0.2, 0.25) is 0 Å². The van der Waals surface area contributed by atoms with Crippen LogP contribution in [0.2, 0.25) is 5.04 Å². The standard InChI is InChI=1S/C22H29NOSSi/c1-5-12-19(23-18-25)17-24-26(22(2,3)4,20-13-8-6-9-14-20)21-15-10-7-11-16-21/h6-11,13-16,19H,5,12,17H2,1-4H3/t19-/m0/s1. The van der Waals surface area contributed by atoms with Crippen molar-refractivity contribution in [2.24, 2.45) is 4.99 Å². The lowest BCUT2D eigenvalue weighted by molar-refractivity contribution is 0.266. The minimum atomic E-state index is -2.49. The van der Waals surface area contributed by atoms with Gasteiger partial charge in [0.05, 0.1) is 17.8 Å². The Morgan fingerprint density at radius 2 is 1.50 bits per heavy atom. The second kappa shape index (κ2) is 9.38. The van der Waals surface area contributed by atoms with Gasteiger partial charge in [0.15, 0.2) is 0 Å². The summed E-state index contributed by atoms with van der Waals surface area (Å²) in [4.78, 5) is 4.35. The largest absolute Gasteiger partial charge is 0.405 e. The van der Waals surface area contributed by atoms with E-state index in [2.05, 4.69) is 98.5 Å². The van der Waals surface area contributed by atoms with Gasteiger partial charge < -0.3 is 4.43 Å². The van der Waals surface area contributed by atoms with Gasteiger partial charge in [-0.2, -0.15) is 0 Å². The van der Waals surface area contributed by atoms with Gasteiger partial charge in [-0.05, 0) is 34.1 Å². The molecular weight excluding hydrogens is 354 g/mol. The first-order valence-electron chi connectivity index (χ1n) is 9.27. The van der Waals surface area contributed by atoms with Crippen molar-refractivity contribution in [2.75, 3.05) is 6.61 Å². The summed E-state index contributed by atoms with van der Waals surface area (Å²) in [6, 6.07) is 21.5. The summed E-state index contributed by atoms with van der Waals surface area (Å²) in [5, 5.41) is 5.11. The van der Waals surface area contributed by atoms with Crippen molar-refractivity contribution in [3.8, 4) is 0 Å². The summed E-state index contributed by atoms with van der Waals surface area (Å²) in [5.41, 5.74) is 0. The minimum Gasteiger partial charge on any atom is -0.405 e. The fraction of sp³-hybridized carbons (Fsp3) is 0.409. The highest BCUT2D eigenvalue weighted by molar-refractivity contribution is 7.78. The van der Waals surface area contributed by atoms with Crippen LogP contribution in [0.3, 0.4) is 0 Å². The lowest BCUT2D eigenvalue weighted by Gasteiger charge is -2.43. The molecule has 0 aliphatic carbocycles. The number of thiocarbonyl (C=S) groups is 1. The van der Waals surface area contributed by atoms with Crippen molar-refractivity contribution in [2.45, 2.75) is 51.6 Å². The van der Waals surface area contributed by atoms with Gasteiger partial charge in [0.25, 0.3) is 8.32 Å². The van der Waals surface area contributed by atoms with Crippen LogP contribution in [0.25, 0.3) is 0 Å². The molecule has 2 rings (SSSR count). The summed E-state index contributed by atoms with van der Waals surface area (Å²) >= 11 is 4.85. The van der Waals surface area contributed by atoms with Crippen molar-refractivity contribution >= 4 is 36.1 Å². The molecular formula is C22H29NOSSi. The molecule has 0 fully saturated rings. The van der Waals surface area contributed by atoms with Crippen LogP contribution in [-0.2, 0) is 4.43 Å². The van der Waals surface area contributed by atoms with E-state index in [-0.39, 0.29) is 11.1 Å². The van der Waals surface area contributed by atoms with Gasteiger partial charge >= 0.3 is 0 Å². The number of nitrogens with zero attached hydrogens (tertiary/aromatic N) is 1. The van der Waals surface area contributed by atoms with E-state index in [1.807, 2.05) is 0 Å². The molecule has 0 spiro atoms. The summed E-state index contributed by atoms with van der Waals surface area (Å²) in [6.45, 7) is 9.60. The molecule has 0 saturated heterocycles. The Morgan fingerprint density at radius 1 is 1.00 bits per heavy atom. The van der Waals surface area contributed by atoms with Gasteiger partial charge in [-0.3, -0.25) is 0 Å². The van der Waals surface area contributed by atoms with Crippen LogP contribution in [-0.4, -0.2) is 26.1 Å². The summed E-state index contributed by atoms with van der Waals surface area (Å²) < 4.78 is 6.89. The fourth-order valence-electron chi connectivity index (χ4n) is 3.58. The first-order valence-corrected chi connectivity index (χ1v) is 11.6. The van der Waals surface area contributed by atoms with Gasteiger partial charge in [0, 0.05) is 0 Å². The number of isothiocyanates is 1. The van der Waals surface area contributed by atoms with Crippen LogP contribution in [0.1, 0.15) is 40.5 Å². The van der Waals surface area contributed by atoms with Gasteiger partial charge in [-0.25, -0.2) is 4.99 Å². The maximum Gasteiger partial charge on any atom is 0.261 e. The first-order chi connectivity index (χ1) is 12.5. The van der Waals surface area contributed by atoms with E-state index >= 15 is 0 Å². The summed E-state index contributed by atoms with van der Waals surface area (Å²) in [5.74, 6) is 0. The van der Waals surface area contributed by atoms with Crippen molar-refractivity contribution in [1.82, 2.24) is 0 Å². The Kier molecular flexibility index (Phi) is 7.48. The molecule has 0 saturated carbocycles. The predicted molar refractivity (Wildman–Crippen MR) is 117 cm³/mol. The molecule has 0 aliphatic heterocycles. The number of hydrogen-bond donors (Lipinski definition) is 0. The summed E-state index contributed by atoms with van der Waals surface area (Å²) in [7, 11) is -2.49. The Balaban J connectivity index is 2.55. The SMILES string of the molecule is CCC[C@@H](CO[Si](c1ccccc1)(c1ccccc1)C(C)(C)C)N=C=S. The van der Waals surface area contributed by atoms with Crippen LogP contribution in [0.4, 0.5) is 0 Å². The van der Waals surface area contributed by atoms with E-state index in [0.29, 0.717) is 6.61 Å². The zero-order valence-electron chi connectivity index (χ0n) is 16.2. The molecule has 1 atom stereocenters. The smallest absolute Gasteiger partial charge is 0.261 e. The lowest BCUT2D eigenvalue weighted by atomic mass is 10.2. The average Bonchev–Trinajstić information content (AvgIpc) is 2.63. The topological polar surface area (TPSA) is 21.6 Å². The Morgan fingerprint density at radius 3 is 1.88 bits per heavy atom. The van der Waals surface area contributed by atoms with E-state index in [9.17, 15) is 0 Å². The van der Waals surface area contributed by atoms with E-state index in [1.165, 1.54) is 10.4 Å². The molecule has 2 nitrogen and oxygen atoms in total.